The minimum atomic E-state index is -0.0130. The standard InChI is InChI=1S/C10H15N3O2S/c1-2-7(1)11-5-9-12-13-10(16-9)8-6-14-3-4-15-8/h7-8,11H,1-6H2. The van der Waals surface area contributed by atoms with Gasteiger partial charge in [-0.15, -0.1) is 10.2 Å². The van der Waals surface area contributed by atoms with Crippen LogP contribution in [0.5, 0.6) is 0 Å². The van der Waals surface area contributed by atoms with Crippen LogP contribution in [0.4, 0.5) is 0 Å². The first kappa shape index (κ1) is 10.6. The molecule has 1 aromatic rings. The van der Waals surface area contributed by atoms with E-state index < -0.39 is 0 Å². The van der Waals surface area contributed by atoms with Crippen molar-refractivity contribution < 1.29 is 9.47 Å². The SMILES string of the molecule is C1COC(c2nnc(CNC3CC3)s2)CO1. The van der Waals surface area contributed by atoms with Crippen LogP contribution in [-0.4, -0.2) is 36.1 Å². The zero-order chi connectivity index (χ0) is 10.8. The summed E-state index contributed by atoms with van der Waals surface area (Å²) in [6.45, 7) is 2.77. The Morgan fingerprint density at radius 1 is 1.31 bits per heavy atom. The largest absolute Gasteiger partial charge is 0.376 e. The molecule has 6 heteroatoms. The maximum absolute atomic E-state index is 5.58. The minimum absolute atomic E-state index is 0.0130. The Bertz CT molecular complexity index is 348. The molecule has 1 saturated carbocycles. The molecule has 1 N–H and O–H groups in total. The van der Waals surface area contributed by atoms with Crippen molar-refractivity contribution >= 4 is 11.3 Å². The third-order valence-electron chi connectivity index (χ3n) is 2.69. The Morgan fingerprint density at radius 2 is 2.25 bits per heavy atom. The van der Waals surface area contributed by atoms with Gasteiger partial charge in [-0.1, -0.05) is 11.3 Å². The van der Waals surface area contributed by atoms with Gasteiger partial charge in [0.25, 0.3) is 0 Å². The van der Waals surface area contributed by atoms with Gasteiger partial charge < -0.3 is 14.8 Å². The van der Waals surface area contributed by atoms with Crippen molar-refractivity contribution in [3.63, 3.8) is 0 Å². The van der Waals surface area contributed by atoms with Crippen LogP contribution < -0.4 is 5.32 Å². The number of ether oxygens (including phenoxy) is 2. The molecule has 0 bridgehead atoms. The van der Waals surface area contributed by atoms with Crippen LogP contribution in [-0.2, 0) is 16.0 Å². The van der Waals surface area contributed by atoms with Gasteiger partial charge in [-0.2, -0.15) is 0 Å². The van der Waals surface area contributed by atoms with Crippen LogP contribution in [0, 0.1) is 0 Å². The molecule has 1 saturated heterocycles. The molecular formula is C10H15N3O2S. The lowest BCUT2D eigenvalue weighted by molar-refractivity contribution is -0.0903. The van der Waals surface area contributed by atoms with E-state index in [4.69, 9.17) is 9.47 Å². The van der Waals surface area contributed by atoms with Crippen LogP contribution in [0.25, 0.3) is 0 Å². The molecule has 0 amide bonds. The molecule has 3 rings (SSSR count). The number of nitrogens with zero attached hydrogens (tertiary/aromatic N) is 2. The first-order chi connectivity index (χ1) is 7.92. The predicted molar refractivity (Wildman–Crippen MR) is 59.3 cm³/mol. The molecule has 1 unspecified atom stereocenters. The van der Waals surface area contributed by atoms with E-state index in [1.165, 1.54) is 12.8 Å². The van der Waals surface area contributed by atoms with Crippen molar-refractivity contribution in [1.29, 1.82) is 0 Å². The highest BCUT2D eigenvalue weighted by atomic mass is 32.1. The number of hydrogen-bond donors (Lipinski definition) is 1. The summed E-state index contributed by atoms with van der Waals surface area (Å²) in [6.07, 6.45) is 2.58. The first-order valence-corrected chi connectivity index (χ1v) is 6.48. The van der Waals surface area contributed by atoms with Gasteiger partial charge in [0.1, 0.15) is 16.1 Å². The van der Waals surface area contributed by atoms with Crippen LogP contribution in [0.2, 0.25) is 0 Å². The van der Waals surface area contributed by atoms with Gasteiger partial charge in [0.15, 0.2) is 0 Å². The summed E-state index contributed by atoms with van der Waals surface area (Å²) in [4.78, 5) is 0. The van der Waals surface area contributed by atoms with E-state index in [1.54, 1.807) is 11.3 Å². The maximum Gasteiger partial charge on any atom is 0.148 e. The molecule has 0 spiro atoms. The summed E-state index contributed by atoms with van der Waals surface area (Å²) in [6, 6.07) is 0.710. The average Bonchev–Trinajstić information content (AvgIpc) is 3.05. The molecule has 2 heterocycles. The molecule has 1 aromatic heterocycles. The molecule has 5 nitrogen and oxygen atoms in total. The number of aromatic nitrogens is 2. The Hall–Kier alpha value is -0.560. The summed E-state index contributed by atoms with van der Waals surface area (Å²) in [5, 5.41) is 13.7. The summed E-state index contributed by atoms with van der Waals surface area (Å²) in [5.74, 6) is 0. The van der Waals surface area contributed by atoms with Crippen LogP contribution in [0.1, 0.15) is 29.0 Å². The topological polar surface area (TPSA) is 56.3 Å². The highest BCUT2D eigenvalue weighted by Gasteiger charge is 2.23. The average molecular weight is 241 g/mol. The van der Waals surface area contributed by atoms with E-state index in [-0.39, 0.29) is 6.10 Å². The second-order valence-corrected chi connectivity index (χ2v) is 5.22. The summed E-state index contributed by atoms with van der Waals surface area (Å²) < 4.78 is 10.9. The normalized spacial score (nSPS) is 25.9. The van der Waals surface area contributed by atoms with Gasteiger partial charge in [0.2, 0.25) is 0 Å². The molecule has 1 aliphatic heterocycles. The molecule has 1 atom stereocenters. The second-order valence-electron chi connectivity index (χ2n) is 4.12. The van der Waals surface area contributed by atoms with Gasteiger partial charge in [-0.3, -0.25) is 0 Å². The second kappa shape index (κ2) is 4.75. The quantitative estimate of drug-likeness (QED) is 0.848. The molecule has 16 heavy (non-hydrogen) atoms. The fraction of sp³-hybridized carbons (Fsp3) is 0.800. The number of rotatable bonds is 4. The summed E-state index contributed by atoms with van der Waals surface area (Å²) in [7, 11) is 0. The fourth-order valence-corrected chi connectivity index (χ4v) is 2.45. The Kier molecular flexibility index (Phi) is 3.14. The number of hydrogen-bond acceptors (Lipinski definition) is 6. The first-order valence-electron chi connectivity index (χ1n) is 5.67. The van der Waals surface area contributed by atoms with Gasteiger partial charge >= 0.3 is 0 Å². The predicted octanol–water partition coefficient (Wildman–Crippen LogP) is 0.878. The van der Waals surface area contributed by atoms with E-state index in [0.29, 0.717) is 25.9 Å². The lowest BCUT2D eigenvalue weighted by atomic mass is 10.4. The zero-order valence-electron chi connectivity index (χ0n) is 9.02. The molecule has 2 aliphatic rings. The van der Waals surface area contributed by atoms with Crippen molar-refractivity contribution in [2.45, 2.75) is 31.5 Å². The monoisotopic (exact) mass is 241 g/mol. The Balaban J connectivity index is 1.57. The highest BCUT2D eigenvalue weighted by Crippen LogP contribution is 2.25. The van der Waals surface area contributed by atoms with E-state index >= 15 is 0 Å². The lowest BCUT2D eigenvalue weighted by Gasteiger charge is -2.20. The number of nitrogens with one attached hydrogen (secondary N) is 1. The van der Waals surface area contributed by atoms with Crippen molar-refractivity contribution in [2.24, 2.45) is 0 Å². The summed E-state index contributed by atoms with van der Waals surface area (Å²) >= 11 is 1.62. The van der Waals surface area contributed by atoms with E-state index in [1.807, 2.05) is 0 Å². The zero-order valence-corrected chi connectivity index (χ0v) is 9.83. The molecule has 88 valence electrons. The third kappa shape index (κ3) is 2.57. The van der Waals surface area contributed by atoms with Crippen LogP contribution in [0.3, 0.4) is 0 Å². The van der Waals surface area contributed by atoms with Crippen LogP contribution >= 0.6 is 11.3 Å². The lowest BCUT2D eigenvalue weighted by Crippen LogP contribution is -2.21. The third-order valence-corrected chi connectivity index (χ3v) is 3.71. The minimum Gasteiger partial charge on any atom is -0.376 e. The van der Waals surface area contributed by atoms with Crippen molar-refractivity contribution in [1.82, 2.24) is 15.5 Å². The fourth-order valence-electron chi connectivity index (χ4n) is 1.62. The van der Waals surface area contributed by atoms with Crippen molar-refractivity contribution in [3.05, 3.63) is 10.0 Å². The van der Waals surface area contributed by atoms with E-state index in [2.05, 4.69) is 15.5 Å². The molecule has 2 fully saturated rings. The van der Waals surface area contributed by atoms with Crippen molar-refractivity contribution in [3.8, 4) is 0 Å². The van der Waals surface area contributed by atoms with Gasteiger partial charge in [0, 0.05) is 12.6 Å². The van der Waals surface area contributed by atoms with Crippen LogP contribution in [0.15, 0.2) is 0 Å². The Morgan fingerprint density at radius 3 is 3.00 bits per heavy atom. The molecule has 1 aliphatic carbocycles. The Labute approximate surface area is 98.2 Å². The molecular weight excluding hydrogens is 226 g/mol. The van der Waals surface area contributed by atoms with E-state index in [0.717, 1.165) is 16.6 Å². The summed E-state index contributed by atoms with van der Waals surface area (Å²) in [5.41, 5.74) is 0. The van der Waals surface area contributed by atoms with Gasteiger partial charge in [0.05, 0.1) is 19.8 Å². The maximum atomic E-state index is 5.58. The van der Waals surface area contributed by atoms with Gasteiger partial charge in [-0.25, -0.2) is 0 Å². The smallest absolute Gasteiger partial charge is 0.148 e. The van der Waals surface area contributed by atoms with Crippen molar-refractivity contribution in [2.75, 3.05) is 19.8 Å². The molecule has 0 aromatic carbocycles. The van der Waals surface area contributed by atoms with Gasteiger partial charge in [-0.05, 0) is 12.8 Å². The highest BCUT2D eigenvalue weighted by molar-refractivity contribution is 7.11. The molecule has 0 radical (unpaired) electrons. The van der Waals surface area contributed by atoms with E-state index in [9.17, 15) is 0 Å².